The molecule has 1 amide bonds. The number of halogens is 1. The van der Waals surface area contributed by atoms with Gasteiger partial charge in [-0.15, -0.1) is 0 Å². The first-order valence-corrected chi connectivity index (χ1v) is 11.8. The minimum Gasteiger partial charge on any atom is -0.496 e. The van der Waals surface area contributed by atoms with E-state index in [1.165, 1.54) is 10.4 Å². The van der Waals surface area contributed by atoms with Gasteiger partial charge in [-0.1, -0.05) is 41.9 Å². The molecule has 0 spiro atoms. The Morgan fingerprint density at radius 2 is 1.73 bits per heavy atom. The third kappa shape index (κ3) is 5.93. The van der Waals surface area contributed by atoms with E-state index in [1.54, 1.807) is 49.4 Å². The van der Waals surface area contributed by atoms with Crippen LogP contribution in [0, 0.1) is 0 Å². The second kappa shape index (κ2) is 10.7. The van der Waals surface area contributed by atoms with Crippen molar-refractivity contribution in [2.45, 2.75) is 25.3 Å². The zero-order valence-corrected chi connectivity index (χ0v) is 20.0. The number of sulfonamides is 1. The van der Waals surface area contributed by atoms with Crippen LogP contribution in [0.5, 0.6) is 5.75 Å². The maximum Gasteiger partial charge on any atom is 0.246 e. The zero-order chi connectivity index (χ0) is 22.3. The molecule has 0 aliphatic rings. The van der Waals surface area contributed by atoms with Gasteiger partial charge in [0.1, 0.15) is 5.75 Å². The maximum absolute atomic E-state index is 12.5. The molecule has 0 N–H and O–H groups in total. The fraction of sp³-hybridized carbons (Fsp3) is 0.318. The van der Waals surface area contributed by atoms with E-state index in [-0.39, 0.29) is 10.8 Å². The topological polar surface area (TPSA) is 66.9 Å². The predicted molar refractivity (Wildman–Crippen MR) is 123 cm³/mol. The molecule has 2 rings (SSSR count). The molecule has 0 radical (unpaired) electrons. The fourth-order valence-corrected chi connectivity index (χ4v) is 4.83. The Morgan fingerprint density at radius 3 is 2.30 bits per heavy atom. The average molecular weight is 495 g/mol. The van der Waals surface area contributed by atoms with Gasteiger partial charge in [0, 0.05) is 42.8 Å². The summed E-state index contributed by atoms with van der Waals surface area (Å²) in [6, 6.07) is 12.2. The van der Waals surface area contributed by atoms with Crippen molar-refractivity contribution in [3.63, 3.8) is 0 Å². The van der Waals surface area contributed by atoms with Crippen molar-refractivity contribution in [3.05, 3.63) is 64.1 Å². The van der Waals surface area contributed by atoms with Gasteiger partial charge < -0.3 is 9.64 Å². The molecule has 30 heavy (non-hydrogen) atoms. The minimum absolute atomic E-state index is 0.170. The molecular weight excluding hydrogens is 468 g/mol. The highest BCUT2D eigenvalue weighted by Gasteiger charge is 2.21. The minimum atomic E-state index is -3.49. The zero-order valence-electron chi connectivity index (χ0n) is 17.6. The maximum atomic E-state index is 12.5. The summed E-state index contributed by atoms with van der Waals surface area (Å²) in [7, 11) is -0.178. The van der Waals surface area contributed by atoms with Crippen LogP contribution in [0.2, 0.25) is 0 Å². The number of rotatable bonds is 9. The lowest BCUT2D eigenvalue weighted by Crippen LogP contribution is -2.30. The number of nitrogens with zero attached hydrogens (tertiary/aromatic N) is 2. The Kier molecular flexibility index (Phi) is 8.64. The summed E-state index contributed by atoms with van der Waals surface area (Å²) in [6.07, 6.45) is 3.14. The molecular formula is C22H27BrN2O4S. The third-order valence-corrected chi connectivity index (χ3v) is 7.23. The highest BCUT2D eigenvalue weighted by molar-refractivity contribution is 9.10. The molecule has 162 valence electrons. The lowest BCUT2D eigenvalue weighted by Gasteiger charge is -2.18. The lowest BCUT2D eigenvalue weighted by molar-refractivity contribution is -0.125. The first-order chi connectivity index (χ1) is 14.2. The molecule has 2 aromatic rings. The summed E-state index contributed by atoms with van der Waals surface area (Å²) in [5.41, 5.74) is 1.64. The summed E-state index contributed by atoms with van der Waals surface area (Å²) in [5, 5.41) is 0. The van der Waals surface area contributed by atoms with Crippen molar-refractivity contribution >= 4 is 37.9 Å². The molecule has 0 heterocycles. The number of carbonyl (C=O) groups is 1. The molecule has 8 heteroatoms. The summed E-state index contributed by atoms with van der Waals surface area (Å²) in [6.45, 7) is 4.86. The SMILES string of the molecule is CCN(CC)S(=O)(=O)c1ccc(/C=C/C(=O)N(C)Cc2cc(Br)ccc2OC)cc1. The Morgan fingerprint density at radius 1 is 1.10 bits per heavy atom. The van der Waals surface area contributed by atoms with Gasteiger partial charge in [0.25, 0.3) is 0 Å². The van der Waals surface area contributed by atoms with E-state index >= 15 is 0 Å². The molecule has 0 saturated heterocycles. The van der Waals surface area contributed by atoms with Crippen molar-refractivity contribution < 1.29 is 17.9 Å². The van der Waals surface area contributed by atoms with Gasteiger partial charge in [0.05, 0.1) is 12.0 Å². The van der Waals surface area contributed by atoms with Crippen molar-refractivity contribution in [2.24, 2.45) is 0 Å². The summed E-state index contributed by atoms with van der Waals surface area (Å²) < 4.78 is 32.8. The van der Waals surface area contributed by atoms with Gasteiger partial charge >= 0.3 is 0 Å². The van der Waals surface area contributed by atoms with E-state index in [9.17, 15) is 13.2 Å². The number of carbonyl (C=O) groups excluding carboxylic acids is 1. The second-order valence-electron chi connectivity index (χ2n) is 6.64. The van der Waals surface area contributed by atoms with Gasteiger partial charge in [0.2, 0.25) is 15.9 Å². The van der Waals surface area contributed by atoms with Gasteiger partial charge in [-0.3, -0.25) is 4.79 Å². The Balaban J connectivity index is 2.08. The van der Waals surface area contributed by atoms with Gasteiger partial charge in [0.15, 0.2) is 0 Å². The number of likely N-dealkylation sites (N-methyl/N-ethyl adjacent to an activating group) is 1. The molecule has 0 unspecified atom stereocenters. The van der Waals surface area contributed by atoms with E-state index in [0.29, 0.717) is 25.4 Å². The molecule has 0 saturated carbocycles. The highest BCUT2D eigenvalue weighted by Crippen LogP contribution is 2.24. The van der Waals surface area contributed by atoms with Crippen molar-refractivity contribution in [1.82, 2.24) is 9.21 Å². The van der Waals surface area contributed by atoms with Crippen LogP contribution in [-0.2, 0) is 21.4 Å². The van der Waals surface area contributed by atoms with Gasteiger partial charge in [-0.25, -0.2) is 8.42 Å². The summed E-state index contributed by atoms with van der Waals surface area (Å²) in [4.78, 5) is 14.3. The Bertz CT molecular complexity index is 1000. The van der Waals surface area contributed by atoms with E-state index in [1.807, 2.05) is 32.0 Å². The molecule has 0 aromatic heterocycles. The standard InChI is InChI=1S/C22H27BrN2O4S/c1-5-25(6-2)30(27,28)20-11-7-17(8-12-20)9-14-22(26)24(3)16-18-15-19(23)10-13-21(18)29-4/h7-15H,5-6,16H2,1-4H3/b14-9+. The Labute approximate surface area is 187 Å². The first-order valence-electron chi connectivity index (χ1n) is 9.58. The second-order valence-corrected chi connectivity index (χ2v) is 9.50. The number of methoxy groups -OCH3 is 1. The molecule has 0 aliphatic carbocycles. The van der Waals surface area contributed by atoms with E-state index < -0.39 is 10.0 Å². The van der Waals surface area contributed by atoms with Crippen LogP contribution < -0.4 is 4.74 Å². The number of hydrogen-bond acceptors (Lipinski definition) is 4. The molecule has 2 aromatic carbocycles. The fourth-order valence-electron chi connectivity index (χ4n) is 2.96. The van der Waals surface area contributed by atoms with Crippen molar-refractivity contribution in [3.8, 4) is 5.75 Å². The molecule has 0 bridgehead atoms. The van der Waals surface area contributed by atoms with Gasteiger partial charge in [-0.2, -0.15) is 4.31 Å². The van der Waals surface area contributed by atoms with Crippen LogP contribution in [0.15, 0.2) is 57.9 Å². The summed E-state index contributed by atoms with van der Waals surface area (Å²) in [5.74, 6) is 0.545. The quantitative estimate of drug-likeness (QED) is 0.490. The molecule has 0 aliphatic heterocycles. The van der Waals surface area contributed by atoms with Crippen LogP contribution in [0.3, 0.4) is 0 Å². The molecule has 0 fully saturated rings. The molecule has 6 nitrogen and oxygen atoms in total. The molecule has 0 atom stereocenters. The van der Waals surface area contributed by atoms with Crippen molar-refractivity contribution in [1.29, 1.82) is 0 Å². The smallest absolute Gasteiger partial charge is 0.246 e. The van der Waals surface area contributed by atoms with Gasteiger partial charge in [-0.05, 0) is 42.0 Å². The number of hydrogen-bond donors (Lipinski definition) is 0. The van der Waals surface area contributed by atoms with Crippen LogP contribution >= 0.6 is 15.9 Å². The number of ether oxygens (including phenoxy) is 1. The average Bonchev–Trinajstić information content (AvgIpc) is 2.73. The van der Waals surface area contributed by atoms with Crippen LogP contribution in [-0.4, -0.2) is 50.8 Å². The van der Waals surface area contributed by atoms with E-state index in [0.717, 1.165) is 15.6 Å². The number of amides is 1. The Hall–Kier alpha value is -2.16. The highest BCUT2D eigenvalue weighted by atomic mass is 79.9. The first kappa shape index (κ1) is 24.1. The third-order valence-electron chi connectivity index (χ3n) is 4.67. The largest absolute Gasteiger partial charge is 0.496 e. The van der Waals surface area contributed by atoms with Crippen molar-refractivity contribution in [2.75, 3.05) is 27.2 Å². The lowest BCUT2D eigenvalue weighted by atomic mass is 10.2. The van der Waals surface area contributed by atoms with Crippen LogP contribution in [0.4, 0.5) is 0 Å². The normalized spacial score (nSPS) is 11.8. The van der Waals surface area contributed by atoms with Crippen LogP contribution in [0.25, 0.3) is 6.08 Å². The number of benzene rings is 2. The van der Waals surface area contributed by atoms with E-state index in [4.69, 9.17) is 4.74 Å². The van der Waals surface area contributed by atoms with E-state index in [2.05, 4.69) is 15.9 Å². The predicted octanol–water partition coefficient (Wildman–Crippen LogP) is 4.16. The summed E-state index contributed by atoms with van der Waals surface area (Å²) >= 11 is 3.43. The van der Waals surface area contributed by atoms with Crippen LogP contribution in [0.1, 0.15) is 25.0 Å². The monoisotopic (exact) mass is 494 g/mol.